The van der Waals surface area contributed by atoms with Crippen LogP contribution in [-0.4, -0.2) is 11.7 Å². The summed E-state index contributed by atoms with van der Waals surface area (Å²) in [6.45, 7) is 2.23. The van der Waals surface area contributed by atoms with Gasteiger partial charge < -0.3 is 13.9 Å². The third-order valence-electron chi connectivity index (χ3n) is 3.26. The van der Waals surface area contributed by atoms with E-state index in [1.165, 1.54) is 0 Å². The normalized spacial score (nSPS) is 11.6. The maximum Gasteiger partial charge on any atom is 0.138 e. The first kappa shape index (κ1) is 10.4. The van der Waals surface area contributed by atoms with Gasteiger partial charge in [-0.15, -0.1) is 0 Å². The van der Waals surface area contributed by atoms with Crippen LogP contribution >= 0.6 is 0 Å². The lowest BCUT2D eigenvalue weighted by Crippen LogP contribution is -1.92. The van der Waals surface area contributed by atoms with Crippen LogP contribution in [0.3, 0.4) is 0 Å². The van der Waals surface area contributed by atoms with Crippen molar-refractivity contribution in [1.29, 1.82) is 0 Å². The summed E-state index contributed by atoms with van der Waals surface area (Å²) in [5.41, 5.74) is 4.09. The van der Waals surface area contributed by atoms with Crippen molar-refractivity contribution in [2.24, 2.45) is 0 Å². The van der Waals surface area contributed by atoms with Crippen LogP contribution in [0.2, 0.25) is 0 Å². The fourth-order valence-electron chi connectivity index (χ4n) is 2.42. The van der Waals surface area contributed by atoms with Gasteiger partial charge in [-0.2, -0.15) is 0 Å². The molecule has 3 heteroatoms. The number of furan rings is 2. The van der Waals surface area contributed by atoms with Gasteiger partial charge in [-0.3, -0.25) is 0 Å². The molecule has 0 aliphatic carbocycles. The number of benzene rings is 1. The van der Waals surface area contributed by atoms with Gasteiger partial charge in [-0.1, -0.05) is 0 Å². The molecular weight excluding hydrogens is 216 g/mol. The molecule has 0 saturated heterocycles. The van der Waals surface area contributed by atoms with Crippen LogP contribution in [0.1, 0.15) is 17.5 Å². The van der Waals surface area contributed by atoms with Gasteiger partial charge in [0.1, 0.15) is 11.2 Å². The van der Waals surface area contributed by atoms with E-state index in [0.29, 0.717) is 0 Å². The first-order chi connectivity index (χ1) is 8.33. The standard InChI is InChI=1S/C14H14O3/c1-9-10-4-7-17-14(10)11(3-2-6-15)12-5-8-16-13(9)12/h4-5,7-8,15H,2-3,6H2,1H3. The fourth-order valence-corrected chi connectivity index (χ4v) is 2.42. The highest BCUT2D eigenvalue weighted by molar-refractivity contribution is 6.01. The molecule has 0 bridgehead atoms. The molecule has 0 aliphatic rings. The van der Waals surface area contributed by atoms with E-state index in [1.807, 2.05) is 19.1 Å². The van der Waals surface area contributed by atoms with E-state index in [-0.39, 0.29) is 6.61 Å². The second-order valence-corrected chi connectivity index (χ2v) is 4.26. The minimum absolute atomic E-state index is 0.190. The van der Waals surface area contributed by atoms with Crippen LogP contribution in [0, 0.1) is 6.92 Å². The van der Waals surface area contributed by atoms with E-state index in [1.54, 1.807) is 12.5 Å². The number of fused-ring (bicyclic) bond motifs is 2. The SMILES string of the molecule is Cc1c2ccoc2c(CCCO)c2ccoc12. The molecule has 0 amide bonds. The van der Waals surface area contributed by atoms with Gasteiger partial charge in [-0.05, 0) is 31.9 Å². The molecule has 88 valence electrons. The van der Waals surface area contributed by atoms with Crippen molar-refractivity contribution in [3.8, 4) is 0 Å². The molecule has 3 rings (SSSR count). The molecule has 3 nitrogen and oxygen atoms in total. The molecule has 0 aliphatic heterocycles. The number of aryl methyl sites for hydroxylation is 2. The van der Waals surface area contributed by atoms with Crippen molar-refractivity contribution >= 4 is 21.9 Å². The van der Waals surface area contributed by atoms with Crippen molar-refractivity contribution in [3.63, 3.8) is 0 Å². The van der Waals surface area contributed by atoms with Gasteiger partial charge in [0.25, 0.3) is 0 Å². The topological polar surface area (TPSA) is 46.5 Å². The Hall–Kier alpha value is -1.74. The average Bonchev–Trinajstić information content (AvgIpc) is 2.97. The molecule has 17 heavy (non-hydrogen) atoms. The predicted octanol–water partition coefficient (Wildman–Crippen LogP) is 3.41. The molecule has 2 aromatic heterocycles. The average molecular weight is 230 g/mol. The first-order valence-corrected chi connectivity index (χ1v) is 5.79. The van der Waals surface area contributed by atoms with Gasteiger partial charge in [0.15, 0.2) is 0 Å². The van der Waals surface area contributed by atoms with Crippen LogP contribution < -0.4 is 0 Å². The monoisotopic (exact) mass is 230 g/mol. The Labute approximate surface area is 98.6 Å². The Bertz CT molecular complexity index is 609. The molecule has 2 heterocycles. The van der Waals surface area contributed by atoms with Crippen LogP contribution in [0.4, 0.5) is 0 Å². The molecule has 1 N–H and O–H groups in total. The lowest BCUT2D eigenvalue weighted by atomic mass is 9.99. The van der Waals surface area contributed by atoms with E-state index >= 15 is 0 Å². The summed E-state index contributed by atoms with van der Waals surface area (Å²) < 4.78 is 11.1. The van der Waals surface area contributed by atoms with Crippen molar-refractivity contribution in [2.75, 3.05) is 6.61 Å². The number of aliphatic hydroxyl groups is 1. The molecule has 0 atom stereocenters. The lowest BCUT2D eigenvalue weighted by molar-refractivity contribution is 0.289. The number of hydrogen-bond acceptors (Lipinski definition) is 3. The van der Waals surface area contributed by atoms with Gasteiger partial charge in [-0.25, -0.2) is 0 Å². The highest BCUT2D eigenvalue weighted by atomic mass is 16.3. The van der Waals surface area contributed by atoms with Crippen LogP contribution in [0.25, 0.3) is 21.9 Å². The second-order valence-electron chi connectivity index (χ2n) is 4.26. The summed E-state index contributed by atoms with van der Waals surface area (Å²) in [4.78, 5) is 0. The number of aliphatic hydroxyl groups excluding tert-OH is 1. The van der Waals surface area contributed by atoms with Gasteiger partial charge >= 0.3 is 0 Å². The zero-order valence-corrected chi connectivity index (χ0v) is 9.69. The highest BCUT2D eigenvalue weighted by Gasteiger charge is 2.15. The Morgan fingerprint density at radius 1 is 1.06 bits per heavy atom. The Kier molecular flexibility index (Phi) is 2.41. The fraction of sp³-hybridized carbons (Fsp3) is 0.286. The third kappa shape index (κ3) is 1.46. The van der Waals surface area contributed by atoms with E-state index < -0.39 is 0 Å². The van der Waals surface area contributed by atoms with E-state index in [0.717, 1.165) is 45.9 Å². The summed E-state index contributed by atoms with van der Waals surface area (Å²) in [7, 11) is 0. The third-order valence-corrected chi connectivity index (χ3v) is 3.26. The predicted molar refractivity (Wildman–Crippen MR) is 66.1 cm³/mol. The smallest absolute Gasteiger partial charge is 0.138 e. The van der Waals surface area contributed by atoms with Crippen molar-refractivity contribution in [3.05, 3.63) is 35.8 Å². The van der Waals surface area contributed by atoms with E-state index in [4.69, 9.17) is 13.9 Å². The molecule has 1 aromatic carbocycles. The van der Waals surface area contributed by atoms with Gasteiger partial charge in [0.05, 0.1) is 12.5 Å². The molecule has 3 aromatic rings. The molecule has 0 unspecified atom stereocenters. The molecular formula is C14H14O3. The zero-order chi connectivity index (χ0) is 11.8. The van der Waals surface area contributed by atoms with Gasteiger partial charge in [0.2, 0.25) is 0 Å². The first-order valence-electron chi connectivity index (χ1n) is 5.79. The number of rotatable bonds is 3. The number of hydrogen-bond donors (Lipinski definition) is 1. The van der Waals surface area contributed by atoms with Crippen LogP contribution in [0.5, 0.6) is 0 Å². The largest absolute Gasteiger partial charge is 0.464 e. The second kappa shape index (κ2) is 3.93. The molecule has 0 radical (unpaired) electrons. The van der Waals surface area contributed by atoms with Crippen LogP contribution in [0.15, 0.2) is 33.5 Å². The Balaban J connectivity index is 2.35. The highest BCUT2D eigenvalue weighted by Crippen LogP contribution is 2.34. The summed E-state index contributed by atoms with van der Waals surface area (Å²) in [6.07, 6.45) is 4.95. The minimum atomic E-state index is 0.190. The van der Waals surface area contributed by atoms with E-state index in [2.05, 4.69) is 0 Å². The van der Waals surface area contributed by atoms with E-state index in [9.17, 15) is 0 Å². The summed E-state index contributed by atoms with van der Waals surface area (Å²) in [5.74, 6) is 0. The van der Waals surface area contributed by atoms with Crippen LogP contribution in [-0.2, 0) is 6.42 Å². The lowest BCUT2D eigenvalue weighted by Gasteiger charge is -2.05. The molecule has 0 spiro atoms. The Morgan fingerprint density at radius 2 is 1.76 bits per heavy atom. The van der Waals surface area contributed by atoms with Gasteiger partial charge in [0, 0.05) is 28.5 Å². The van der Waals surface area contributed by atoms with Crippen molar-refractivity contribution in [1.82, 2.24) is 0 Å². The molecule has 0 fully saturated rings. The maximum atomic E-state index is 8.97. The quantitative estimate of drug-likeness (QED) is 0.750. The summed E-state index contributed by atoms with van der Waals surface area (Å²) in [5, 5.41) is 11.2. The molecule has 0 saturated carbocycles. The summed E-state index contributed by atoms with van der Waals surface area (Å²) in [6, 6.07) is 3.94. The van der Waals surface area contributed by atoms with Crippen molar-refractivity contribution < 1.29 is 13.9 Å². The minimum Gasteiger partial charge on any atom is -0.464 e. The maximum absolute atomic E-state index is 8.97. The Morgan fingerprint density at radius 3 is 2.53 bits per heavy atom. The summed E-state index contributed by atoms with van der Waals surface area (Å²) >= 11 is 0. The van der Waals surface area contributed by atoms with Crippen molar-refractivity contribution in [2.45, 2.75) is 19.8 Å². The zero-order valence-electron chi connectivity index (χ0n) is 9.69.